The molecule has 1 aliphatic rings. The minimum atomic E-state index is -3.17. The molecule has 0 bridgehead atoms. The fraction of sp³-hybridized carbons (Fsp3) is 0.400. The van der Waals surface area contributed by atoms with Gasteiger partial charge in [0, 0.05) is 18.5 Å². The molecule has 1 aromatic rings. The molecule has 1 atom stereocenters. The first-order valence-electron chi connectivity index (χ1n) is 4.57. The molecule has 0 spiro atoms. The summed E-state index contributed by atoms with van der Waals surface area (Å²) in [6, 6.07) is 1.85. The van der Waals surface area contributed by atoms with Crippen molar-refractivity contribution in [1.29, 1.82) is 0 Å². The number of rotatable bonds is 2. The Kier molecular flexibility index (Phi) is 2.44. The Morgan fingerprint density at radius 3 is 2.31 bits per heavy atom. The van der Waals surface area contributed by atoms with Gasteiger partial charge in [0.05, 0.1) is 10.4 Å². The summed E-state index contributed by atoms with van der Waals surface area (Å²) in [7, 11) is 0. The molecule has 2 N–H and O–H groups in total. The Labute approximate surface area is 94.2 Å². The van der Waals surface area contributed by atoms with Crippen molar-refractivity contribution in [2.45, 2.75) is 17.8 Å². The standard InChI is InChI=1S/C10H8ClF4N/c11-5-1-2-6(12)7(8(5)13)9(4-16)3-10(9,14)15/h1-2H,3-4,16H2. The van der Waals surface area contributed by atoms with E-state index in [1.54, 1.807) is 0 Å². The van der Waals surface area contributed by atoms with Gasteiger partial charge in [0.1, 0.15) is 11.6 Å². The molecule has 6 heteroatoms. The zero-order valence-corrected chi connectivity index (χ0v) is 8.79. The maximum atomic E-state index is 13.6. The quantitative estimate of drug-likeness (QED) is 0.637. The van der Waals surface area contributed by atoms with Gasteiger partial charge >= 0.3 is 0 Å². The third-order valence-electron chi connectivity index (χ3n) is 2.97. The fourth-order valence-corrected chi connectivity index (χ4v) is 2.05. The van der Waals surface area contributed by atoms with Crippen LogP contribution in [-0.4, -0.2) is 12.5 Å². The van der Waals surface area contributed by atoms with Crippen molar-refractivity contribution in [1.82, 2.24) is 0 Å². The van der Waals surface area contributed by atoms with Gasteiger partial charge in [-0.25, -0.2) is 17.6 Å². The fourth-order valence-electron chi connectivity index (χ4n) is 1.90. The molecular weight excluding hydrogens is 246 g/mol. The molecule has 0 radical (unpaired) electrons. The average Bonchev–Trinajstić information content (AvgIpc) is 2.77. The van der Waals surface area contributed by atoms with Crippen LogP contribution in [0.25, 0.3) is 0 Å². The lowest BCUT2D eigenvalue weighted by Gasteiger charge is -2.16. The predicted octanol–water partition coefficient (Wildman–Crippen LogP) is 2.85. The minimum Gasteiger partial charge on any atom is -0.329 e. The molecule has 1 aromatic carbocycles. The van der Waals surface area contributed by atoms with E-state index in [2.05, 4.69) is 0 Å². The van der Waals surface area contributed by atoms with Gasteiger partial charge in [-0.2, -0.15) is 0 Å². The van der Waals surface area contributed by atoms with Gasteiger partial charge in [0.25, 0.3) is 5.92 Å². The highest BCUT2D eigenvalue weighted by Crippen LogP contribution is 2.62. The van der Waals surface area contributed by atoms with Crippen LogP contribution in [0.1, 0.15) is 12.0 Å². The van der Waals surface area contributed by atoms with E-state index in [0.717, 1.165) is 12.1 Å². The van der Waals surface area contributed by atoms with Crippen LogP contribution in [0.2, 0.25) is 5.02 Å². The number of halogens is 5. The molecule has 1 fully saturated rings. The monoisotopic (exact) mass is 253 g/mol. The van der Waals surface area contributed by atoms with Gasteiger partial charge in [0.2, 0.25) is 0 Å². The SMILES string of the molecule is NCC1(c2c(F)ccc(Cl)c2F)CC1(F)F. The smallest absolute Gasteiger partial charge is 0.260 e. The second-order valence-corrected chi connectivity index (χ2v) is 4.29. The summed E-state index contributed by atoms with van der Waals surface area (Å²) < 4.78 is 53.3. The van der Waals surface area contributed by atoms with Crippen molar-refractivity contribution in [2.24, 2.45) is 5.73 Å². The van der Waals surface area contributed by atoms with Crippen molar-refractivity contribution in [3.8, 4) is 0 Å². The maximum Gasteiger partial charge on any atom is 0.260 e. The highest BCUT2D eigenvalue weighted by Gasteiger charge is 2.72. The zero-order valence-electron chi connectivity index (χ0n) is 8.04. The van der Waals surface area contributed by atoms with Gasteiger partial charge in [-0.3, -0.25) is 0 Å². The topological polar surface area (TPSA) is 26.0 Å². The van der Waals surface area contributed by atoms with E-state index >= 15 is 0 Å². The molecule has 1 unspecified atom stereocenters. The summed E-state index contributed by atoms with van der Waals surface area (Å²) in [6.45, 7) is -0.520. The van der Waals surface area contributed by atoms with Crippen LogP contribution in [-0.2, 0) is 5.41 Å². The van der Waals surface area contributed by atoms with Crippen LogP contribution in [0.3, 0.4) is 0 Å². The molecule has 88 valence electrons. The lowest BCUT2D eigenvalue weighted by Crippen LogP contribution is -2.29. The van der Waals surface area contributed by atoms with Crippen molar-refractivity contribution in [3.05, 3.63) is 34.4 Å². The molecular formula is C10H8ClF4N. The summed E-state index contributed by atoms with van der Waals surface area (Å²) in [5.41, 5.74) is 2.57. The number of nitrogens with two attached hydrogens (primary N) is 1. The van der Waals surface area contributed by atoms with Gasteiger partial charge in [-0.1, -0.05) is 11.6 Å². The first-order valence-corrected chi connectivity index (χ1v) is 4.95. The van der Waals surface area contributed by atoms with Crippen LogP contribution >= 0.6 is 11.6 Å². The molecule has 0 aromatic heterocycles. The van der Waals surface area contributed by atoms with E-state index in [1.807, 2.05) is 0 Å². The lowest BCUT2D eigenvalue weighted by molar-refractivity contribution is 0.0876. The number of hydrogen-bond acceptors (Lipinski definition) is 1. The summed E-state index contributed by atoms with van der Waals surface area (Å²) in [5.74, 6) is -5.36. The second-order valence-electron chi connectivity index (χ2n) is 3.89. The molecule has 1 aliphatic carbocycles. The zero-order chi connectivity index (χ0) is 12.1. The third kappa shape index (κ3) is 1.34. The first kappa shape index (κ1) is 11.7. The molecule has 0 heterocycles. The summed E-state index contributed by atoms with van der Waals surface area (Å²) in [4.78, 5) is 0. The Morgan fingerprint density at radius 2 is 1.88 bits per heavy atom. The number of alkyl halides is 2. The Bertz CT molecular complexity index is 449. The first-order chi connectivity index (χ1) is 7.35. The molecule has 0 aliphatic heterocycles. The van der Waals surface area contributed by atoms with Gasteiger partial charge < -0.3 is 5.73 Å². The van der Waals surface area contributed by atoms with E-state index in [0.29, 0.717) is 0 Å². The van der Waals surface area contributed by atoms with Crippen LogP contribution in [0.5, 0.6) is 0 Å². The molecule has 2 rings (SSSR count). The van der Waals surface area contributed by atoms with Crippen LogP contribution in [0.4, 0.5) is 17.6 Å². The van der Waals surface area contributed by atoms with E-state index in [4.69, 9.17) is 17.3 Å². The maximum absolute atomic E-state index is 13.6. The highest BCUT2D eigenvalue weighted by atomic mass is 35.5. The predicted molar refractivity (Wildman–Crippen MR) is 51.7 cm³/mol. The Balaban J connectivity index is 2.61. The Hall–Kier alpha value is -0.810. The van der Waals surface area contributed by atoms with Crippen molar-refractivity contribution in [2.75, 3.05) is 6.54 Å². The van der Waals surface area contributed by atoms with Crippen molar-refractivity contribution < 1.29 is 17.6 Å². The van der Waals surface area contributed by atoms with Gasteiger partial charge in [-0.15, -0.1) is 0 Å². The molecule has 16 heavy (non-hydrogen) atoms. The van der Waals surface area contributed by atoms with E-state index in [-0.39, 0.29) is 5.02 Å². The van der Waals surface area contributed by atoms with Gasteiger partial charge in [0.15, 0.2) is 0 Å². The highest BCUT2D eigenvalue weighted by molar-refractivity contribution is 6.30. The minimum absolute atomic E-state index is 0.382. The Morgan fingerprint density at radius 1 is 1.31 bits per heavy atom. The van der Waals surface area contributed by atoms with Crippen LogP contribution in [0.15, 0.2) is 12.1 Å². The van der Waals surface area contributed by atoms with Crippen molar-refractivity contribution in [3.63, 3.8) is 0 Å². The summed E-state index contributed by atoms with van der Waals surface area (Å²) in [5, 5.41) is -0.382. The van der Waals surface area contributed by atoms with Crippen LogP contribution in [0, 0.1) is 11.6 Å². The third-order valence-corrected chi connectivity index (χ3v) is 3.26. The summed E-state index contributed by atoms with van der Waals surface area (Å²) in [6.07, 6.45) is -0.648. The summed E-state index contributed by atoms with van der Waals surface area (Å²) >= 11 is 5.44. The largest absolute Gasteiger partial charge is 0.329 e. The normalized spacial score (nSPS) is 26.9. The molecule has 1 saturated carbocycles. The van der Waals surface area contributed by atoms with Crippen molar-refractivity contribution >= 4 is 11.6 Å². The lowest BCUT2D eigenvalue weighted by atomic mass is 9.94. The van der Waals surface area contributed by atoms with E-state index in [1.165, 1.54) is 0 Å². The molecule has 0 amide bonds. The molecule has 1 nitrogen and oxygen atoms in total. The van der Waals surface area contributed by atoms with E-state index in [9.17, 15) is 17.6 Å². The van der Waals surface area contributed by atoms with E-state index < -0.39 is 41.5 Å². The second kappa shape index (κ2) is 3.34. The van der Waals surface area contributed by atoms with Crippen LogP contribution < -0.4 is 5.73 Å². The average molecular weight is 254 g/mol. The number of hydrogen-bond donors (Lipinski definition) is 1. The van der Waals surface area contributed by atoms with Gasteiger partial charge in [-0.05, 0) is 12.1 Å². The molecule has 0 saturated heterocycles. The number of benzene rings is 1.